The summed E-state index contributed by atoms with van der Waals surface area (Å²) in [5, 5.41) is 3.45. The first-order chi connectivity index (χ1) is 8.69. The van der Waals surface area contributed by atoms with E-state index in [9.17, 15) is 0 Å². The van der Waals surface area contributed by atoms with E-state index in [0.29, 0.717) is 0 Å². The van der Waals surface area contributed by atoms with Crippen molar-refractivity contribution in [3.63, 3.8) is 0 Å². The third-order valence-electron chi connectivity index (χ3n) is 2.83. The smallest absolute Gasteiger partial charge is 0.0637 e. The molecule has 0 amide bonds. The quantitative estimate of drug-likeness (QED) is 0.746. The number of rotatable bonds is 8. The average molecular weight is 315 g/mol. The molecule has 1 aromatic carbocycles. The van der Waals surface area contributed by atoms with Gasteiger partial charge in [0.25, 0.3) is 0 Å². The molecule has 0 heterocycles. The molecular formula is C14H23BrN2O. The number of anilines is 1. The summed E-state index contributed by atoms with van der Waals surface area (Å²) in [4.78, 5) is 2.24. The van der Waals surface area contributed by atoms with Crippen LogP contribution in [0.4, 0.5) is 5.69 Å². The second-order valence-corrected chi connectivity index (χ2v) is 5.28. The summed E-state index contributed by atoms with van der Waals surface area (Å²) in [6.45, 7) is 5.78. The van der Waals surface area contributed by atoms with E-state index in [1.165, 1.54) is 11.3 Å². The van der Waals surface area contributed by atoms with Gasteiger partial charge < -0.3 is 15.0 Å². The molecule has 4 heteroatoms. The summed E-state index contributed by atoms with van der Waals surface area (Å²) < 4.78 is 6.25. The molecule has 0 radical (unpaired) electrons. The van der Waals surface area contributed by atoms with E-state index in [1.807, 2.05) is 0 Å². The van der Waals surface area contributed by atoms with Gasteiger partial charge in [-0.05, 0) is 36.7 Å². The number of halogens is 1. The van der Waals surface area contributed by atoms with Gasteiger partial charge in [0.2, 0.25) is 0 Å². The zero-order valence-electron chi connectivity index (χ0n) is 11.5. The fraction of sp³-hybridized carbons (Fsp3) is 0.571. The Morgan fingerprint density at radius 2 is 2.17 bits per heavy atom. The van der Waals surface area contributed by atoms with Crippen LogP contribution in [0.3, 0.4) is 0 Å². The first kappa shape index (κ1) is 15.5. The summed E-state index contributed by atoms with van der Waals surface area (Å²) in [5.41, 5.74) is 2.58. The van der Waals surface area contributed by atoms with Crippen molar-refractivity contribution < 1.29 is 4.74 Å². The van der Waals surface area contributed by atoms with Gasteiger partial charge in [0.05, 0.1) is 6.61 Å². The Hall–Kier alpha value is -0.580. The molecule has 18 heavy (non-hydrogen) atoms. The van der Waals surface area contributed by atoms with Crippen molar-refractivity contribution in [3.05, 3.63) is 28.2 Å². The van der Waals surface area contributed by atoms with Gasteiger partial charge in [-0.25, -0.2) is 0 Å². The number of nitrogens with one attached hydrogen (secondary N) is 1. The van der Waals surface area contributed by atoms with Crippen LogP contribution in [0.5, 0.6) is 0 Å². The molecule has 0 spiro atoms. The van der Waals surface area contributed by atoms with Crippen molar-refractivity contribution in [2.45, 2.75) is 19.9 Å². The number of benzene rings is 1. The van der Waals surface area contributed by atoms with E-state index in [4.69, 9.17) is 4.74 Å². The molecule has 1 aromatic rings. The molecule has 0 fully saturated rings. The molecular weight excluding hydrogens is 292 g/mol. The molecule has 0 aromatic heterocycles. The second-order valence-electron chi connectivity index (χ2n) is 4.36. The highest BCUT2D eigenvalue weighted by Crippen LogP contribution is 2.23. The predicted octanol–water partition coefficient (Wildman–Crippen LogP) is 3.03. The van der Waals surface area contributed by atoms with Crippen molar-refractivity contribution in [1.82, 2.24) is 5.32 Å². The Bertz CT molecular complexity index is 358. The van der Waals surface area contributed by atoms with Crippen LogP contribution in [0.1, 0.15) is 18.9 Å². The van der Waals surface area contributed by atoms with Crippen LogP contribution in [0.2, 0.25) is 0 Å². The maximum atomic E-state index is 5.13. The highest BCUT2D eigenvalue weighted by atomic mass is 79.9. The fourth-order valence-electron chi connectivity index (χ4n) is 1.82. The van der Waals surface area contributed by atoms with E-state index in [-0.39, 0.29) is 0 Å². The molecule has 0 aliphatic heterocycles. The minimum atomic E-state index is 0.744. The largest absolute Gasteiger partial charge is 0.383 e. The van der Waals surface area contributed by atoms with Crippen molar-refractivity contribution in [3.8, 4) is 0 Å². The Kier molecular flexibility index (Phi) is 7.32. The maximum absolute atomic E-state index is 5.13. The summed E-state index contributed by atoms with van der Waals surface area (Å²) in [6.07, 6.45) is 1.16. The van der Waals surface area contributed by atoms with Crippen molar-refractivity contribution in [1.29, 1.82) is 0 Å². The van der Waals surface area contributed by atoms with Crippen molar-refractivity contribution >= 4 is 21.6 Å². The summed E-state index contributed by atoms with van der Waals surface area (Å²) in [5.74, 6) is 0. The van der Waals surface area contributed by atoms with Crippen LogP contribution in [0, 0.1) is 0 Å². The van der Waals surface area contributed by atoms with Gasteiger partial charge in [0.15, 0.2) is 0 Å². The van der Waals surface area contributed by atoms with Gasteiger partial charge in [-0.3, -0.25) is 0 Å². The van der Waals surface area contributed by atoms with Crippen molar-refractivity contribution in [2.75, 3.05) is 38.8 Å². The Balaban J connectivity index is 2.74. The van der Waals surface area contributed by atoms with Crippen LogP contribution in [-0.4, -0.2) is 33.9 Å². The monoisotopic (exact) mass is 314 g/mol. The van der Waals surface area contributed by atoms with Gasteiger partial charge in [0.1, 0.15) is 0 Å². The maximum Gasteiger partial charge on any atom is 0.0637 e. The molecule has 102 valence electrons. The number of ether oxygens (including phenoxy) is 1. The summed E-state index contributed by atoms with van der Waals surface area (Å²) >= 11 is 3.54. The van der Waals surface area contributed by atoms with Gasteiger partial charge in [-0.1, -0.05) is 22.9 Å². The van der Waals surface area contributed by atoms with E-state index < -0.39 is 0 Å². The van der Waals surface area contributed by atoms with Crippen LogP contribution in [0.15, 0.2) is 22.7 Å². The Morgan fingerprint density at radius 1 is 1.39 bits per heavy atom. The first-order valence-electron chi connectivity index (χ1n) is 6.38. The van der Waals surface area contributed by atoms with Gasteiger partial charge >= 0.3 is 0 Å². The molecule has 0 atom stereocenters. The van der Waals surface area contributed by atoms with Crippen LogP contribution in [0.25, 0.3) is 0 Å². The van der Waals surface area contributed by atoms with Crippen LogP contribution in [-0.2, 0) is 11.3 Å². The molecule has 0 aliphatic carbocycles. The van der Waals surface area contributed by atoms with E-state index in [2.05, 4.69) is 58.3 Å². The third kappa shape index (κ3) is 4.96. The predicted molar refractivity (Wildman–Crippen MR) is 81.3 cm³/mol. The molecule has 0 aliphatic rings. The topological polar surface area (TPSA) is 24.5 Å². The minimum absolute atomic E-state index is 0.744. The molecule has 0 unspecified atom stereocenters. The molecule has 3 nitrogen and oxygen atoms in total. The average Bonchev–Trinajstić information content (AvgIpc) is 2.36. The zero-order valence-corrected chi connectivity index (χ0v) is 13.1. The highest BCUT2D eigenvalue weighted by molar-refractivity contribution is 9.10. The lowest BCUT2D eigenvalue weighted by molar-refractivity contribution is 0.206. The Morgan fingerprint density at radius 3 is 2.83 bits per heavy atom. The SMILES string of the molecule is CCCNCc1cc(Br)ccc1N(C)CCOC. The van der Waals surface area contributed by atoms with Gasteiger partial charge in [-0.2, -0.15) is 0 Å². The third-order valence-corrected chi connectivity index (χ3v) is 3.32. The lowest BCUT2D eigenvalue weighted by Gasteiger charge is -2.22. The lowest BCUT2D eigenvalue weighted by Crippen LogP contribution is -2.24. The second kappa shape index (κ2) is 8.51. The van der Waals surface area contributed by atoms with Crippen LogP contribution < -0.4 is 10.2 Å². The zero-order chi connectivity index (χ0) is 13.4. The fourth-order valence-corrected chi connectivity index (χ4v) is 2.23. The van der Waals surface area contributed by atoms with Crippen molar-refractivity contribution in [2.24, 2.45) is 0 Å². The number of methoxy groups -OCH3 is 1. The molecule has 0 saturated heterocycles. The Labute approximate surface area is 119 Å². The minimum Gasteiger partial charge on any atom is -0.383 e. The number of likely N-dealkylation sites (N-methyl/N-ethyl adjacent to an activating group) is 1. The van der Waals surface area contributed by atoms with E-state index >= 15 is 0 Å². The lowest BCUT2D eigenvalue weighted by atomic mass is 10.1. The van der Waals surface area contributed by atoms with Gasteiger partial charge in [-0.15, -0.1) is 0 Å². The highest BCUT2D eigenvalue weighted by Gasteiger charge is 2.07. The standard InChI is InChI=1S/C14H23BrN2O/c1-4-7-16-11-12-10-13(15)5-6-14(12)17(2)8-9-18-3/h5-6,10,16H,4,7-9,11H2,1-3H3. The molecule has 1 rings (SSSR count). The molecule has 0 bridgehead atoms. The number of hydrogen-bond donors (Lipinski definition) is 1. The summed E-state index contributed by atoms with van der Waals surface area (Å²) in [6, 6.07) is 6.42. The number of hydrogen-bond acceptors (Lipinski definition) is 3. The molecule has 0 saturated carbocycles. The number of nitrogens with zero attached hydrogens (tertiary/aromatic N) is 1. The van der Waals surface area contributed by atoms with Crippen LogP contribution >= 0.6 is 15.9 Å². The summed E-state index contributed by atoms with van der Waals surface area (Å²) in [7, 11) is 3.84. The first-order valence-corrected chi connectivity index (χ1v) is 7.17. The normalized spacial score (nSPS) is 10.7. The molecule has 1 N–H and O–H groups in total. The van der Waals surface area contributed by atoms with Gasteiger partial charge in [0, 0.05) is 37.4 Å². The van der Waals surface area contributed by atoms with E-state index in [1.54, 1.807) is 7.11 Å². The van der Waals surface area contributed by atoms with E-state index in [0.717, 1.165) is 37.1 Å².